The number of aromatic nitrogens is 3. The highest BCUT2D eigenvalue weighted by Gasteiger charge is 2.23. The van der Waals surface area contributed by atoms with Gasteiger partial charge in [-0.3, -0.25) is 9.78 Å². The number of hydrogen-bond donors (Lipinski definition) is 1. The topological polar surface area (TPSA) is 94.2 Å². The smallest absolute Gasteiger partial charge is 0.254 e. The van der Waals surface area contributed by atoms with Gasteiger partial charge in [-0.1, -0.05) is 12.1 Å². The number of nitrogens with two attached hydrogens (primary N) is 1. The molecule has 3 heterocycles. The lowest BCUT2D eigenvalue weighted by atomic mass is 10.1. The lowest BCUT2D eigenvalue weighted by Gasteiger charge is -2.28. The molecular weight excluding hydrogens is 342 g/mol. The van der Waals surface area contributed by atoms with Gasteiger partial charge in [0.1, 0.15) is 12.4 Å². The average molecular weight is 361 g/mol. The zero-order chi connectivity index (χ0) is 18.6. The fraction of sp³-hybridized carbons (Fsp3) is 0.200. The van der Waals surface area contributed by atoms with E-state index in [1.165, 1.54) is 0 Å². The van der Waals surface area contributed by atoms with Crippen molar-refractivity contribution >= 4 is 11.9 Å². The molecule has 0 radical (unpaired) electrons. The Morgan fingerprint density at radius 1 is 1.22 bits per heavy atom. The summed E-state index contributed by atoms with van der Waals surface area (Å²) in [6.45, 7) is 1.49. The molecule has 1 aliphatic heterocycles. The Kier molecular flexibility index (Phi) is 4.65. The van der Waals surface area contributed by atoms with E-state index < -0.39 is 0 Å². The van der Waals surface area contributed by atoms with Gasteiger partial charge in [0.15, 0.2) is 0 Å². The molecule has 1 aromatic carbocycles. The molecule has 1 amide bonds. The summed E-state index contributed by atoms with van der Waals surface area (Å²) >= 11 is 0. The van der Waals surface area contributed by atoms with Crippen LogP contribution in [0.1, 0.15) is 27.2 Å². The van der Waals surface area contributed by atoms with E-state index in [1.807, 2.05) is 24.3 Å². The molecule has 0 unspecified atom stereocenters. The highest BCUT2D eigenvalue weighted by Crippen LogP contribution is 2.21. The summed E-state index contributed by atoms with van der Waals surface area (Å²) in [5.74, 6) is 0.884. The molecule has 0 aliphatic carbocycles. The highest BCUT2D eigenvalue weighted by atomic mass is 16.5. The van der Waals surface area contributed by atoms with Crippen LogP contribution in [-0.4, -0.2) is 32.3 Å². The lowest BCUT2D eigenvalue weighted by Crippen LogP contribution is -2.36. The standard InChI is InChI=1S/C20H19N5O2/c21-20-23-11-16-12-25(8-6-18(16)24-20)19(26)15-4-1-5-17(9-15)27-13-14-3-2-7-22-10-14/h1-5,7,9-11H,6,8,12-13H2,(H2,21,23,24). The highest BCUT2D eigenvalue weighted by molar-refractivity contribution is 5.94. The van der Waals surface area contributed by atoms with Gasteiger partial charge in [0.05, 0.1) is 5.69 Å². The van der Waals surface area contributed by atoms with Crippen molar-refractivity contribution in [3.63, 3.8) is 0 Å². The number of nitrogens with zero attached hydrogens (tertiary/aromatic N) is 4. The van der Waals surface area contributed by atoms with E-state index in [1.54, 1.807) is 35.6 Å². The molecule has 7 nitrogen and oxygen atoms in total. The van der Waals surface area contributed by atoms with Crippen molar-refractivity contribution in [3.05, 3.63) is 77.4 Å². The number of ether oxygens (including phenoxy) is 1. The van der Waals surface area contributed by atoms with Crippen molar-refractivity contribution in [3.8, 4) is 5.75 Å². The minimum atomic E-state index is -0.0377. The second kappa shape index (κ2) is 7.41. The van der Waals surface area contributed by atoms with Gasteiger partial charge in [-0.15, -0.1) is 0 Å². The van der Waals surface area contributed by atoms with E-state index in [4.69, 9.17) is 10.5 Å². The van der Waals surface area contributed by atoms with Crippen LogP contribution < -0.4 is 10.5 Å². The number of fused-ring (bicyclic) bond motifs is 1. The van der Waals surface area contributed by atoms with Crippen molar-refractivity contribution in [2.24, 2.45) is 0 Å². The quantitative estimate of drug-likeness (QED) is 0.766. The van der Waals surface area contributed by atoms with Crippen LogP contribution in [0.15, 0.2) is 55.0 Å². The molecule has 27 heavy (non-hydrogen) atoms. The van der Waals surface area contributed by atoms with E-state index in [0.29, 0.717) is 37.4 Å². The molecule has 0 bridgehead atoms. The van der Waals surface area contributed by atoms with Crippen LogP contribution in [0.2, 0.25) is 0 Å². The number of rotatable bonds is 4. The first-order valence-corrected chi connectivity index (χ1v) is 8.70. The van der Waals surface area contributed by atoms with Gasteiger partial charge in [-0.05, 0) is 24.3 Å². The molecular formula is C20H19N5O2. The van der Waals surface area contributed by atoms with E-state index in [0.717, 1.165) is 16.8 Å². The number of nitrogen functional groups attached to an aromatic ring is 1. The Labute approximate surface area is 156 Å². The molecule has 0 atom stereocenters. The van der Waals surface area contributed by atoms with Crippen LogP contribution >= 0.6 is 0 Å². The van der Waals surface area contributed by atoms with Crippen molar-refractivity contribution in [1.82, 2.24) is 19.9 Å². The number of pyridine rings is 1. The van der Waals surface area contributed by atoms with E-state index in [2.05, 4.69) is 15.0 Å². The molecule has 0 spiro atoms. The first kappa shape index (κ1) is 17.0. The van der Waals surface area contributed by atoms with Crippen LogP contribution in [-0.2, 0) is 19.6 Å². The maximum absolute atomic E-state index is 12.9. The zero-order valence-corrected chi connectivity index (χ0v) is 14.7. The van der Waals surface area contributed by atoms with Crippen molar-refractivity contribution in [1.29, 1.82) is 0 Å². The third-order valence-electron chi connectivity index (χ3n) is 4.45. The molecule has 0 saturated heterocycles. The number of anilines is 1. The molecule has 2 aromatic heterocycles. The summed E-state index contributed by atoms with van der Waals surface area (Å²) < 4.78 is 5.80. The van der Waals surface area contributed by atoms with Gasteiger partial charge in [0.25, 0.3) is 5.91 Å². The Morgan fingerprint density at radius 2 is 2.15 bits per heavy atom. The predicted octanol–water partition coefficient (Wildman–Crippen LogP) is 2.23. The third kappa shape index (κ3) is 3.87. The molecule has 1 aliphatic rings. The van der Waals surface area contributed by atoms with Crippen LogP contribution in [0.3, 0.4) is 0 Å². The summed E-state index contributed by atoms with van der Waals surface area (Å²) in [6.07, 6.45) is 5.85. The Balaban J connectivity index is 1.45. The van der Waals surface area contributed by atoms with E-state index in [-0.39, 0.29) is 11.9 Å². The molecule has 0 saturated carbocycles. The third-order valence-corrected chi connectivity index (χ3v) is 4.45. The minimum absolute atomic E-state index is 0.0377. The van der Waals surface area contributed by atoms with Crippen LogP contribution in [0.25, 0.3) is 0 Å². The number of benzene rings is 1. The molecule has 4 rings (SSSR count). The SMILES string of the molecule is Nc1ncc2c(n1)CCN(C(=O)c1cccc(OCc3cccnc3)c1)C2. The molecule has 0 fully saturated rings. The minimum Gasteiger partial charge on any atom is -0.489 e. The van der Waals surface area contributed by atoms with Crippen molar-refractivity contribution in [2.75, 3.05) is 12.3 Å². The summed E-state index contributed by atoms with van der Waals surface area (Å²) in [7, 11) is 0. The van der Waals surface area contributed by atoms with Crippen molar-refractivity contribution < 1.29 is 9.53 Å². The number of hydrogen-bond acceptors (Lipinski definition) is 6. The monoisotopic (exact) mass is 361 g/mol. The largest absolute Gasteiger partial charge is 0.489 e. The number of carbonyl (C=O) groups excluding carboxylic acids is 1. The molecule has 2 N–H and O–H groups in total. The van der Waals surface area contributed by atoms with Gasteiger partial charge in [0, 0.05) is 54.8 Å². The maximum atomic E-state index is 12.9. The second-order valence-electron chi connectivity index (χ2n) is 6.35. The maximum Gasteiger partial charge on any atom is 0.254 e. The second-order valence-corrected chi connectivity index (χ2v) is 6.35. The first-order valence-electron chi connectivity index (χ1n) is 8.70. The van der Waals surface area contributed by atoms with Crippen molar-refractivity contribution in [2.45, 2.75) is 19.6 Å². The summed E-state index contributed by atoms with van der Waals surface area (Å²) in [6, 6.07) is 11.1. The average Bonchev–Trinajstić information content (AvgIpc) is 2.72. The molecule has 7 heteroatoms. The lowest BCUT2D eigenvalue weighted by molar-refractivity contribution is 0.0733. The Bertz CT molecular complexity index is 962. The van der Waals surface area contributed by atoms with Gasteiger partial charge in [0.2, 0.25) is 5.95 Å². The number of amides is 1. The normalized spacial score (nSPS) is 13.1. The summed E-state index contributed by atoms with van der Waals surface area (Å²) in [5, 5.41) is 0. The zero-order valence-electron chi connectivity index (χ0n) is 14.7. The Hall–Kier alpha value is -3.48. The van der Waals surface area contributed by atoms with Gasteiger partial charge in [-0.25, -0.2) is 9.97 Å². The molecule has 3 aromatic rings. The summed E-state index contributed by atoms with van der Waals surface area (Å²) in [4.78, 5) is 27.0. The van der Waals surface area contributed by atoms with Crippen LogP contribution in [0, 0.1) is 0 Å². The van der Waals surface area contributed by atoms with E-state index in [9.17, 15) is 4.79 Å². The van der Waals surface area contributed by atoms with Crippen LogP contribution in [0.4, 0.5) is 5.95 Å². The predicted molar refractivity (Wildman–Crippen MR) is 99.9 cm³/mol. The van der Waals surface area contributed by atoms with Crippen LogP contribution in [0.5, 0.6) is 5.75 Å². The fourth-order valence-electron chi connectivity index (χ4n) is 3.06. The Morgan fingerprint density at radius 3 is 3.00 bits per heavy atom. The number of carbonyl (C=O) groups is 1. The van der Waals surface area contributed by atoms with E-state index >= 15 is 0 Å². The fourth-order valence-corrected chi connectivity index (χ4v) is 3.06. The van der Waals surface area contributed by atoms with Gasteiger partial charge < -0.3 is 15.4 Å². The first-order chi connectivity index (χ1) is 13.2. The van der Waals surface area contributed by atoms with Gasteiger partial charge >= 0.3 is 0 Å². The summed E-state index contributed by atoms with van der Waals surface area (Å²) in [5.41, 5.74) is 9.06. The van der Waals surface area contributed by atoms with Gasteiger partial charge in [-0.2, -0.15) is 0 Å². The molecule has 136 valence electrons.